The van der Waals surface area contributed by atoms with Crippen LogP contribution in [0.25, 0.3) is 22.3 Å². The van der Waals surface area contributed by atoms with Crippen molar-refractivity contribution in [3.8, 4) is 17.4 Å². The molecule has 3 rings (SSSR count). The molecule has 6 heteroatoms. The van der Waals surface area contributed by atoms with Crippen LogP contribution in [-0.2, 0) is 0 Å². The molecule has 3 aromatic rings. The van der Waals surface area contributed by atoms with Crippen LogP contribution in [0.4, 0.5) is 5.95 Å². The number of fused-ring (bicyclic) bond motifs is 1. The number of aromatic nitrogens is 4. The first-order valence-corrected chi connectivity index (χ1v) is 6.14. The molecule has 1 aromatic carbocycles. The third-order valence-corrected chi connectivity index (χ3v) is 2.91. The molecule has 0 bridgehead atoms. The summed E-state index contributed by atoms with van der Waals surface area (Å²) in [6.07, 6.45) is 1.76. The molecule has 0 aliphatic rings. The molecular weight excluding hydrogens is 254 g/mol. The Morgan fingerprint density at radius 2 is 1.95 bits per heavy atom. The zero-order valence-electron chi connectivity index (χ0n) is 11.2. The van der Waals surface area contributed by atoms with Gasteiger partial charge in [-0.2, -0.15) is 15.0 Å². The number of rotatable bonds is 3. The number of hydrogen-bond donors (Lipinski definition) is 1. The molecular formula is C14H13N5O. The third-order valence-electron chi connectivity index (χ3n) is 2.91. The molecule has 20 heavy (non-hydrogen) atoms. The van der Waals surface area contributed by atoms with Gasteiger partial charge < -0.3 is 10.1 Å². The van der Waals surface area contributed by atoms with E-state index in [-0.39, 0.29) is 6.01 Å². The van der Waals surface area contributed by atoms with E-state index in [1.165, 1.54) is 7.11 Å². The maximum atomic E-state index is 5.11. The van der Waals surface area contributed by atoms with Gasteiger partial charge >= 0.3 is 6.01 Å². The summed E-state index contributed by atoms with van der Waals surface area (Å²) in [5, 5.41) is 3.89. The normalized spacial score (nSPS) is 10.5. The van der Waals surface area contributed by atoms with Crippen LogP contribution >= 0.6 is 0 Å². The quantitative estimate of drug-likeness (QED) is 0.783. The highest BCUT2D eigenvalue weighted by molar-refractivity contribution is 5.92. The molecule has 0 aliphatic heterocycles. The van der Waals surface area contributed by atoms with Crippen molar-refractivity contribution in [3.05, 3.63) is 36.5 Å². The Labute approximate surface area is 115 Å². The van der Waals surface area contributed by atoms with E-state index >= 15 is 0 Å². The minimum atomic E-state index is 0.278. The van der Waals surface area contributed by atoms with E-state index in [9.17, 15) is 0 Å². The molecule has 2 heterocycles. The molecule has 1 N–H and O–H groups in total. The van der Waals surface area contributed by atoms with Gasteiger partial charge in [0.15, 0.2) is 5.82 Å². The van der Waals surface area contributed by atoms with Crippen LogP contribution in [0.15, 0.2) is 36.5 Å². The Balaban J connectivity index is 2.25. The number of pyridine rings is 1. The van der Waals surface area contributed by atoms with Gasteiger partial charge in [-0.05, 0) is 12.1 Å². The molecule has 0 saturated carbocycles. The van der Waals surface area contributed by atoms with Gasteiger partial charge in [-0.25, -0.2) is 0 Å². The van der Waals surface area contributed by atoms with Gasteiger partial charge in [-0.3, -0.25) is 4.98 Å². The van der Waals surface area contributed by atoms with Gasteiger partial charge in [0.2, 0.25) is 5.95 Å². The Hall–Kier alpha value is -2.76. The lowest BCUT2D eigenvalue weighted by Crippen LogP contribution is -2.03. The minimum absolute atomic E-state index is 0.278. The van der Waals surface area contributed by atoms with E-state index in [2.05, 4.69) is 25.3 Å². The van der Waals surface area contributed by atoms with Crippen molar-refractivity contribution in [3.63, 3.8) is 0 Å². The second-order valence-electron chi connectivity index (χ2n) is 4.09. The summed E-state index contributed by atoms with van der Waals surface area (Å²) in [7, 11) is 3.28. The molecule has 100 valence electrons. The van der Waals surface area contributed by atoms with E-state index in [0.717, 1.165) is 16.5 Å². The summed E-state index contributed by atoms with van der Waals surface area (Å²) in [5.41, 5.74) is 1.79. The number of nitrogens with zero attached hydrogens (tertiary/aromatic N) is 4. The number of nitrogens with one attached hydrogen (secondary N) is 1. The zero-order valence-corrected chi connectivity index (χ0v) is 11.2. The van der Waals surface area contributed by atoms with E-state index in [4.69, 9.17) is 4.74 Å². The van der Waals surface area contributed by atoms with Crippen LogP contribution in [0.1, 0.15) is 0 Å². The zero-order chi connectivity index (χ0) is 13.9. The number of hydrogen-bond acceptors (Lipinski definition) is 6. The lowest BCUT2D eigenvalue weighted by molar-refractivity contribution is 0.379. The molecule has 0 saturated heterocycles. The summed E-state index contributed by atoms with van der Waals surface area (Å²) >= 11 is 0. The maximum absolute atomic E-state index is 5.11. The summed E-state index contributed by atoms with van der Waals surface area (Å²) in [6.45, 7) is 0. The fraction of sp³-hybridized carbons (Fsp3) is 0.143. The Morgan fingerprint density at radius 1 is 1.05 bits per heavy atom. The van der Waals surface area contributed by atoms with Gasteiger partial charge in [-0.1, -0.05) is 18.2 Å². The van der Waals surface area contributed by atoms with E-state index < -0.39 is 0 Å². The largest absolute Gasteiger partial charge is 0.467 e. The standard InChI is InChI=1S/C14H13N5O/c1-15-13-17-12(18-14(19-13)20-2)10-5-3-7-11-9(10)6-4-8-16-11/h3-8H,1-2H3,(H,15,17,18,19). The second kappa shape index (κ2) is 5.08. The van der Waals surface area contributed by atoms with Crippen LogP contribution in [0.5, 0.6) is 6.01 Å². The van der Waals surface area contributed by atoms with Crippen LogP contribution < -0.4 is 10.1 Å². The summed E-state index contributed by atoms with van der Waals surface area (Å²) in [5.74, 6) is 1.02. The smallest absolute Gasteiger partial charge is 0.321 e. The van der Waals surface area contributed by atoms with Crippen LogP contribution in [0, 0.1) is 0 Å². The van der Waals surface area contributed by atoms with Crippen LogP contribution in [-0.4, -0.2) is 34.1 Å². The molecule has 0 radical (unpaired) electrons. The van der Waals surface area contributed by atoms with Gasteiger partial charge in [0.1, 0.15) is 0 Å². The van der Waals surface area contributed by atoms with Crippen LogP contribution in [0.3, 0.4) is 0 Å². The Bertz CT molecular complexity index is 732. The van der Waals surface area contributed by atoms with Gasteiger partial charge in [0.05, 0.1) is 12.6 Å². The predicted molar refractivity (Wildman–Crippen MR) is 76.7 cm³/mol. The monoisotopic (exact) mass is 267 g/mol. The molecule has 6 nitrogen and oxygen atoms in total. The molecule has 0 amide bonds. The number of benzene rings is 1. The number of anilines is 1. The molecule has 0 atom stereocenters. The van der Waals surface area contributed by atoms with Crippen molar-refractivity contribution in [1.29, 1.82) is 0 Å². The van der Waals surface area contributed by atoms with Gasteiger partial charge in [0, 0.05) is 24.2 Å². The highest BCUT2D eigenvalue weighted by atomic mass is 16.5. The molecule has 0 unspecified atom stereocenters. The van der Waals surface area contributed by atoms with Crippen molar-refractivity contribution in [2.45, 2.75) is 0 Å². The van der Waals surface area contributed by atoms with Crippen molar-refractivity contribution in [2.24, 2.45) is 0 Å². The topological polar surface area (TPSA) is 72.8 Å². The number of ether oxygens (including phenoxy) is 1. The average molecular weight is 267 g/mol. The highest BCUT2D eigenvalue weighted by Crippen LogP contribution is 2.26. The molecule has 2 aromatic heterocycles. The predicted octanol–water partition coefficient (Wildman–Crippen LogP) is 2.14. The lowest BCUT2D eigenvalue weighted by Gasteiger charge is -2.07. The summed E-state index contributed by atoms with van der Waals surface area (Å²) in [4.78, 5) is 17.1. The summed E-state index contributed by atoms with van der Waals surface area (Å²) < 4.78 is 5.11. The van der Waals surface area contributed by atoms with Crippen molar-refractivity contribution in [2.75, 3.05) is 19.5 Å². The Kier molecular flexibility index (Phi) is 3.12. The molecule has 0 fully saturated rings. The fourth-order valence-corrected chi connectivity index (χ4v) is 1.98. The third kappa shape index (κ3) is 2.11. The SMILES string of the molecule is CNc1nc(OC)nc(-c2cccc3ncccc23)n1. The fourth-order valence-electron chi connectivity index (χ4n) is 1.98. The first kappa shape index (κ1) is 12.3. The van der Waals surface area contributed by atoms with E-state index in [1.54, 1.807) is 13.2 Å². The average Bonchev–Trinajstić information content (AvgIpc) is 2.53. The summed E-state index contributed by atoms with van der Waals surface area (Å²) in [6, 6.07) is 10.0. The maximum Gasteiger partial charge on any atom is 0.321 e. The molecule has 0 spiro atoms. The lowest BCUT2D eigenvalue weighted by atomic mass is 10.1. The van der Waals surface area contributed by atoms with E-state index in [0.29, 0.717) is 11.8 Å². The first-order valence-electron chi connectivity index (χ1n) is 6.14. The first-order chi connectivity index (χ1) is 9.81. The van der Waals surface area contributed by atoms with Crippen molar-refractivity contribution in [1.82, 2.24) is 19.9 Å². The molecule has 0 aliphatic carbocycles. The minimum Gasteiger partial charge on any atom is -0.467 e. The van der Waals surface area contributed by atoms with Gasteiger partial charge in [0.25, 0.3) is 0 Å². The van der Waals surface area contributed by atoms with Crippen molar-refractivity contribution >= 4 is 16.9 Å². The number of methoxy groups -OCH3 is 1. The van der Waals surface area contributed by atoms with Gasteiger partial charge in [-0.15, -0.1) is 0 Å². The second-order valence-corrected chi connectivity index (χ2v) is 4.09. The van der Waals surface area contributed by atoms with E-state index in [1.807, 2.05) is 30.3 Å². The van der Waals surface area contributed by atoms with Crippen molar-refractivity contribution < 1.29 is 4.74 Å². The Morgan fingerprint density at radius 3 is 2.75 bits per heavy atom. The van der Waals surface area contributed by atoms with Crippen LogP contribution in [0.2, 0.25) is 0 Å². The highest BCUT2D eigenvalue weighted by Gasteiger charge is 2.11.